The molecular formula is C18H16ClF2N5O3. The Morgan fingerprint density at radius 1 is 1.31 bits per heavy atom. The first kappa shape index (κ1) is 20.6. The van der Waals surface area contributed by atoms with Gasteiger partial charge in [-0.2, -0.15) is 15.0 Å². The van der Waals surface area contributed by atoms with Crippen LogP contribution in [0.2, 0.25) is 5.02 Å². The minimum Gasteiger partial charge on any atom is -0.481 e. The van der Waals surface area contributed by atoms with Crippen LogP contribution in [0.15, 0.2) is 30.5 Å². The zero-order valence-electron chi connectivity index (χ0n) is 15.1. The van der Waals surface area contributed by atoms with Crippen LogP contribution in [0, 0.1) is 18.6 Å². The number of nitrogens with two attached hydrogens (primary N) is 1. The number of nitrogens with zero attached hydrogens (tertiary/aromatic N) is 4. The van der Waals surface area contributed by atoms with Crippen molar-refractivity contribution in [3.63, 3.8) is 0 Å². The van der Waals surface area contributed by atoms with Crippen molar-refractivity contribution in [1.82, 2.24) is 20.0 Å². The predicted molar refractivity (Wildman–Crippen MR) is 99.3 cm³/mol. The van der Waals surface area contributed by atoms with Crippen molar-refractivity contribution in [2.75, 3.05) is 0 Å². The van der Waals surface area contributed by atoms with E-state index in [1.807, 2.05) is 0 Å². The Balaban J connectivity index is 1.79. The fourth-order valence-electron chi connectivity index (χ4n) is 2.54. The topological polar surface area (TPSA) is 116 Å². The van der Waals surface area contributed by atoms with Crippen LogP contribution < -0.4 is 10.5 Å². The molecule has 3 N–H and O–H groups in total. The average Bonchev–Trinajstić information content (AvgIpc) is 2.98. The van der Waals surface area contributed by atoms with Crippen molar-refractivity contribution in [3.05, 3.63) is 58.5 Å². The molecule has 0 bridgehead atoms. The maximum Gasteiger partial charge on any atom is 0.304 e. The zero-order valence-corrected chi connectivity index (χ0v) is 15.9. The van der Waals surface area contributed by atoms with Gasteiger partial charge in [-0.05, 0) is 25.1 Å². The Morgan fingerprint density at radius 2 is 2.07 bits per heavy atom. The van der Waals surface area contributed by atoms with Crippen LogP contribution in [0.5, 0.6) is 11.6 Å². The van der Waals surface area contributed by atoms with Gasteiger partial charge in [-0.3, -0.25) is 4.79 Å². The van der Waals surface area contributed by atoms with E-state index in [0.29, 0.717) is 17.1 Å². The molecule has 1 atom stereocenters. The summed E-state index contributed by atoms with van der Waals surface area (Å²) in [6.07, 6.45) is 1.19. The number of halogens is 3. The van der Waals surface area contributed by atoms with Crippen molar-refractivity contribution in [2.24, 2.45) is 5.73 Å². The number of aryl methyl sites for hydroxylation is 1. The number of aliphatic carboxylic acids is 1. The second-order valence-electron chi connectivity index (χ2n) is 6.24. The lowest BCUT2D eigenvalue weighted by Crippen LogP contribution is -2.26. The van der Waals surface area contributed by atoms with E-state index in [2.05, 4.69) is 15.2 Å². The summed E-state index contributed by atoms with van der Waals surface area (Å²) in [5, 5.41) is 17.3. The molecule has 3 rings (SSSR count). The van der Waals surface area contributed by atoms with Crippen LogP contribution in [0.3, 0.4) is 0 Å². The molecule has 0 saturated heterocycles. The number of carbonyl (C=O) groups is 1. The Hall–Kier alpha value is -3.11. The van der Waals surface area contributed by atoms with Gasteiger partial charge in [0.05, 0.1) is 28.5 Å². The number of aromatic nitrogens is 4. The highest BCUT2D eigenvalue weighted by Crippen LogP contribution is 2.27. The standard InChI is InChI=1S/C18H16ClF2N5O3/c1-9-15(5-11(22)6-17(27)28)25-26(24-9)12-2-3-16(13(20)7-12)29-18-14(21)4-10(19)8-23-18/h2-4,7-8,11H,5-6,22H2,1H3,(H,27,28). The minimum atomic E-state index is -1.01. The van der Waals surface area contributed by atoms with Gasteiger partial charge < -0.3 is 15.6 Å². The lowest BCUT2D eigenvalue weighted by atomic mass is 10.1. The highest BCUT2D eigenvalue weighted by Gasteiger charge is 2.17. The third-order valence-corrected chi connectivity index (χ3v) is 4.10. The van der Waals surface area contributed by atoms with E-state index in [9.17, 15) is 13.6 Å². The third-order valence-electron chi connectivity index (χ3n) is 3.90. The lowest BCUT2D eigenvalue weighted by Gasteiger charge is -2.08. The highest BCUT2D eigenvalue weighted by molar-refractivity contribution is 6.30. The molecule has 0 fully saturated rings. The molecular weight excluding hydrogens is 408 g/mol. The molecule has 2 aromatic heterocycles. The van der Waals surface area contributed by atoms with Crippen LogP contribution >= 0.6 is 11.6 Å². The van der Waals surface area contributed by atoms with E-state index in [-0.39, 0.29) is 23.6 Å². The molecule has 3 aromatic rings. The number of hydrogen-bond donors (Lipinski definition) is 2. The fourth-order valence-corrected chi connectivity index (χ4v) is 2.68. The molecule has 0 radical (unpaired) electrons. The number of benzene rings is 1. The molecule has 0 spiro atoms. The van der Waals surface area contributed by atoms with E-state index in [1.54, 1.807) is 6.92 Å². The van der Waals surface area contributed by atoms with Crippen LogP contribution in [-0.2, 0) is 11.2 Å². The number of ether oxygens (including phenoxy) is 1. The number of hydrogen-bond acceptors (Lipinski definition) is 6. The number of carboxylic acids is 1. The molecule has 0 aliphatic rings. The maximum absolute atomic E-state index is 14.4. The summed E-state index contributed by atoms with van der Waals surface area (Å²) in [6.45, 7) is 1.69. The molecule has 0 saturated carbocycles. The number of pyridine rings is 1. The number of carboxylic acid groups (broad SMARTS) is 1. The summed E-state index contributed by atoms with van der Waals surface area (Å²) in [5.41, 5.74) is 7.12. The maximum atomic E-state index is 14.4. The molecule has 29 heavy (non-hydrogen) atoms. The molecule has 152 valence electrons. The minimum absolute atomic E-state index is 0.0877. The van der Waals surface area contributed by atoms with Gasteiger partial charge in [0.25, 0.3) is 5.88 Å². The van der Waals surface area contributed by atoms with Gasteiger partial charge in [-0.1, -0.05) is 11.6 Å². The first-order chi connectivity index (χ1) is 13.7. The molecule has 8 nitrogen and oxygen atoms in total. The molecule has 0 amide bonds. The Morgan fingerprint density at radius 3 is 2.72 bits per heavy atom. The quantitative estimate of drug-likeness (QED) is 0.599. The molecule has 1 aromatic carbocycles. The molecule has 2 heterocycles. The lowest BCUT2D eigenvalue weighted by molar-refractivity contribution is -0.137. The van der Waals surface area contributed by atoms with Crippen molar-refractivity contribution < 1.29 is 23.4 Å². The van der Waals surface area contributed by atoms with E-state index in [1.165, 1.54) is 23.1 Å². The summed E-state index contributed by atoms with van der Waals surface area (Å²) in [7, 11) is 0. The van der Waals surface area contributed by atoms with Crippen LogP contribution in [0.25, 0.3) is 5.69 Å². The third kappa shape index (κ3) is 5.04. The van der Waals surface area contributed by atoms with Crippen molar-refractivity contribution >= 4 is 17.6 Å². The largest absolute Gasteiger partial charge is 0.481 e. The zero-order chi connectivity index (χ0) is 21.1. The van der Waals surface area contributed by atoms with E-state index in [0.717, 1.165) is 12.1 Å². The summed E-state index contributed by atoms with van der Waals surface area (Å²) in [4.78, 5) is 15.6. The average molecular weight is 424 g/mol. The van der Waals surface area contributed by atoms with Gasteiger partial charge in [-0.25, -0.2) is 13.8 Å². The predicted octanol–water partition coefficient (Wildman–Crippen LogP) is 3.04. The van der Waals surface area contributed by atoms with Crippen molar-refractivity contribution in [3.8, 4) is 17.3 Å². The second-order valence-corrected chi connectivity index (χ2v) is 6.68. The summed E-state index contributed by atoms with van der Waals surface area (Å²) in [6, 6.07) is 4.26. The van der Waals surface area contributed by atoms with E-state index < -0.39 is 29.5 Å². The summed E-state index contributed by atoms with van der Waals surface area (Å²) >= 11 is 5.62. The van der Waals surface area contributed by atoms with E-state index in [4.69, 9.17) is 27.2 Å². The van der Waals surface area contributed by atoms with Crippen LogP contribution in [-0.4, -0.2) is 37.1 Å². The first-order valence-electron chi connectivity index (χ1n) is 8.42. The SMILES string of the molecule is Cc1nn(-c2ccc(Oc3ncc(Cl)cc3F)c(F)c2)nc1CC(N)CC(=O)O. The van der Waals surface area contributed by atoms with Crippen LogP contribution in [0.1, 0.15) is 17.8 Å². The van der Waals surface area contributed by atoms with Gasteiger partial charge in [0, 0.05) is 24.7 Å². The molecule has 1 unspecified atom stereocenters. The van der Waals surface area contributed by atoms with Crippen molar-refractivity contribution in [2.45, 2.75) is 25.8 Å². The van der Waals surface area contributed by atoms with Gasteiger partial charge in [0.15, 0.2) is 17.4 Å². The fraction of sp³-hybridized carbons (Fsp3) is 0.222. The summed E-state index contributed by atoms with van der Waals surface area (Å²) in [5.74, 6) is -3.27. The summed E-state index contributed by atoms with van der Waals surface area (Å²) < 4.78 is 33.4. The molecule has 0 aliphatic heterocycles. The van der Waals surface area contributed by atoms with Crippen molar-refractivity contribution in [1.29, 1.82) is 0 Å². The Kier molecular flexibility index (Phi) is 6.04. The van der Waals surface area contributed by atoms with Gasteiger partial charge in [-0.15, -0.1) is 0 Å². The highest BCUT2D eigenvalue weighted by atomic mass is 35.5. The Labute approximate surface area is 168 Å². The number of rotatable bonds is 7. The molecule has 11 heteroatoms. The second kappa shape index (κ2) is 8.50. The smallest absolute Gasteiger partial charge is 0.304 e. The normalized spacial score (nSPS) is 12.0. The van der Waals surface area contributed by atoms with E-state index >= 15 is 0 Å². The first-order valence-corrected chi connectivity index (χ1v) is 8.79. The van der Waals surface area contributed by atoms with Crippen LogP contribution in [0.4, 0.5) is 8.78 Å². The van der Waals surface area contributed by atoms with Gasteiger partial charge >= 0.3 is 5.97 Å². The Bertz CT molecular complexity index is 1060. The molecule has 0 aliphatic carbocycles. The monoisotopic (exact) mass is 423 g/mol. The van der Waals surface area contributed by atoms with Gasteiger partial charge in [0.2, 0.25) is 0 Å². The van der Waals surface area contributed by atoms with Gasteiger partial charge in [0.1, 0.15) is 0 Å².